The van der Waals surface area contributed by atoms with E-state index < -0.39 is 0 Å². The first kappa shape index (κ1) is 20.4. The molecule has 0 radical (unpaired) electrons. The van der Waals surface area contributed by atoms with Gasteiger partial charge in [-0.05, 0) is 47.8 Å². The molecule has 0 aliphatic rings. The molecule has 30 heavy (non-hydrogen) atoms. The van der Waals surface area contributed by atoms with Crippen molar-refractivity contribution >= 4 is 67.3 Å². The number of aromatic nitrogens is 1. The summed E-state index contributed by atoms with van der Waals surface area (Å²) in [4.78, 5) is 30.5. The number of nitrogens with one attached hydrogen (secondary N) is 2. The van der Waals surface area contributed by atoms with Gasteiger partial charge in [0.05, 0.1) is 28.0 Å². The Kier molecular flexibility index (Phi) is 6.32. The molecule has 0 aliphatic carbocycles. The summed E-state index contributed by atoms with van der Waals surface area (Å²) in [5.74, 6) is 0.712. The van der Waals surface area contributed by atoms with Gasteiger partial charge in [-0.1, -0.05) is 23.5 Å². The molecular formula is C21H17N3O3S3. The number of methoxy groups -OCH3 is 1. The fraction of sp³-hybridized carbons (Fsp3) is 0.0952. The van der Waals surface area contributed by atoms with Gasteiger partial charge in [0.1, 0.15) is 5.75 Å². The van der Waals surface area contributed by atoms with Gasteiger partial charge in [-0.2, -0.15) is 0 Å². The molecule has 9 heteroatoms. The topological polar surface area (TPSA) is 80.3 Å². The Morgan fingerprint density at radius 2 is 2.00 bits per heavy atom. The molecule has 0 fully saturated rings. The van der Waals surface area contributed by atoms with Crippen LogP contribution in [0.1, 0.15) is 9.67 Å². The smallest absolute Gasteiger partial charge is 0.265 e. The normalized spacial score (nSPS) is 10.7. The Bertz CT molecular complexity index is 1190. The van der Waals surface area contributed by atoms with Crippen molar-refractivity contribution in [2.24, 2.45) is 0 Å². The summed E-state index contributed by atoms with van der Waals surface area (Å²) >= 11 is 4.19. The van der Waals surface area contributed by atoms with Gasteiger partial charge >= 0.3 is 0 Å². The van der Waals surface area contributed by atoms with Gasteiger partial charge in [-0.25, -0.2) is 4.98 Å². The summed E-state index contributed by atoms with van der Waals surface area (Å²) in [6.07, 6.45) is 0. The average molecular weight is 456 g/mol. The molecule has 2 amide bonds. The van der Waals surface area contributed by atoms with Gasteiger partial charge in [0, 0.05) is 10.6 Å². The lowest BCUT2D eigenvalue weighted by Gasteiger charge is -2.06. The first-order valence-corrected chi connectivity index (χ1v) is 11.6. The highest BCUT2D eigenvalue weighted by Gasteiger charge is 2.11. The Hall–Kier alpha value is -2.88. The fourth-order valence-corrected chi connectivity index (χ4v) is 4.94. The highest BCUT2D eigenvalue weighted by atomic mass is 32.2. The maximum absolute atomic E-state index is 12.3. The Balaban J connectivity index is 1.34. The van der Waals surface area contributed by atoms with Crippen LogP contribution in [-0.2, 0) is 4.79 Å². The van der Waals surface area contributed by atoms with Crippen LogP contribution < -0.4 is 15.4 Å². The standard InChI is InChI=1S/C21H17N3O3S3/c1-27-14-7-8-16-18(11-14)30-21(23-16)24-19(25)12-29-15-5-2-4-13(10-15)22-20(26)17-6-3-9-28-17/h2-11H,12H2,1H3,(H,22,26)(H,23,24,25). The third-order valence-corrected chi connectivity index (χ3v) is 6.84. The Labute approximate surface area is 185 Å². The van der Waals surface area contributed by atoms with Crippen molar-refractivity contribution in [1.29, 1.82) is 0 Å². The number of rotatable bonds is 7. The van der Waals surface area contributed by atoms with Crippen LogP contribution in [0.25, 0.3) is 10.2 Å². The molecule has 0 saturated heterocycles. The molecular weight excluding hydrogens is 438 g/mol. The van der Waals surface area contributed by atoms with Crippen molar-refractivity contribution < 1.29 is 14.3 Å². The Morgan fingerprint density at radius 3 is 2.80 bits per heavy atom. The van der Waals surface area contributed by atoms with E-state index in [1.165, 1.54) is 34.4 Å². The van der Waals surface area contributed by atoms with E-state index in [1.54, 1.807) is 13.2 Å². The van der Waals surface area contributed by atoms with E-state index in [4.69, 9.17) is 4.74 Å². The number of carbonyl (C=O) groups excluding carboxylic acids is 2. The lowest BCUT2D eigenvalue weighted by atomic mass is 10.3. The van der Waals surface area contributed by atoms with Crippen molar-refractivity contribution in [2.45, 2.75) is 4.90 Å². The van der Waals surface area contributed by atoms with Gasteiger partial charge in [-0.3, -0.25) is 9.59 Å². The molecule has 0 unspecified atom stereocenters. The molecule has 2 N–H and O–H groups in total. The predicted octanol–water partition coefficient (Wildman–Crippen LogP) is 5.35. The average Bonchev–Trinajstić information content (AvgIpc) is 3.41. The second-order valence-electron chi connectivity index (χ2n) is 6.15. The van der Waals surface area contributed by atoms with E-state index in [2.05, 4.69) is 15.6 Å². The van der Waals surface area contributed by atoms with Crippen LogP contribution in [-0.4, -0.2) is 29.7 Å². The maximum Gasteiger partial charge on any atom is 0.265 e. The molecule has 0 saturated carbocycles. The number of fused-ring (bicyclic) bond motifs is 1. The molecule has 2 aromatic carbocycles. The fourth-order valence-electron chi connectivity index (χ4n) is 2.65. The number of thiazole rings is 1. The van der Waals surface area contributed by atoms with Crippen LogP contribution in [0.4, 0.5) is 10.8 Å². The number of thioether (sulfide) groups is 1. The molecule has 2 aromatic heterocycles. The number of thiophene rings is 1. The van der Waals surface area contributed by atoms with E-state index in [9.17, 15) is 9.59 Å². The van der Waals surface area contributed by atoms with Crippen molar-refractivity contribution in [1.82, 2.24) is 4.98 Å². The summed E-state index contributed by atoms with van der Waals surface area (Å²) in [7, 11) is 1.62. The number of nitrogens with zero attached hydrogens (tertiary/aromatic N) is 1. The monoisotopic (exact) mass is 455 g/mol. The second kappa shape index (κ2) is 9.29. The van der Waals surface area contributed by atoms with E-state index >= 15 is 0 Å². The Morgan fingerprint density at radius 1 is 1.10 bits per heavy atom. The highest BCUT2D eigenvalue weighted by molar-refractivity contribution is 8.00. The third-order valence-electron chi connectivity index (χ3n) is 4.05. The van der Waals surface area contributed by atoms with Crippen molar-refractivity contribution in [3.05, 3.63) is 64.9 Å². The quantitative estimate of drug-likeness (QED) is 0.367. The molecule has 4 rings (SSSR count). The van der Waals surface area contributed by atoms with Crippen LogP contribution in [0.15, 0.2) is 64.9 Å². The minimum absolute atomic E-state index is 0.140. The van der Waals surface area contributed by atoms with Gasteiger partial charge in [0.25, 0.3) is 5.91 Å². The number of anilines is 2. The zero-order valence-electron chi connectivity index (χ0n) is 15.9. The zero-order valence-corrected chi connectivity index (χ0v) is 18.3. The summed E-state index contributed by atoms with van der Waals surface area (Å²) < 4.78 is 6.17. The molecule has 6 nitrogen and oxygen atoms in total. The zero-order chi connectivity index (χ0) is 20.9. The largest absolute Gasteiger partial charge is 0.497 e. The molecule has 0 bridgehead atoms. The lowest BCUT2D eigenvalue weighted by Crippen LogP contribution is -2.13. The number of hydrogen-bond donors (Lipinski definition) is 2. The number of amides is 2. The van der Waals surface area contributed by atoms with E-state index in [-0.39, 0.29) is 17.6 Å². The number of carbonyl (C=O) groups is 2. The summed E-state index contributed by atoms with van der Waals surface area (Å²) in [5.41, 5.74) is 1.51. The van der Waals surface area contributed by atoms with Crippen molar-refractivity contribution in [3.63, 3.8) is 0 Å². The molecule has 0 atom stereocenters. The van der Waals surface area contributed by atoms with Crippen LogP contribution >= 0.6 is 34.4 Å². The van der Waals surface area contributed by atoms with Crippen molar-refractivity contribution in [2.75, 3.05) is 23.5 Å². The minimum atomic E-state index is -0.141. The summed E-state index contributed by atoms with van der Waals surface area (Å²) in [6, 6.07) is 16.7. The number of ether oxygens (including phenoxy) is 1. The first-order chi connectivity index (χ1) is 14.6. The van der Waals surface area contributed by atoms with E-state index in [0.29, 0.717) is 15.7 Å². The van der Waals surface area contributed by atoms with Crippen LogP contribution in [0, 0.1) is 0 Å². The number of benzene rings is 2. The van der Waals surface area contributed by atoms with Crippen LogP contribution in [0.5, 0.6) is 5.75 Å². The van der Waals surface area contributed by atoms with Gasteiger partial charge in [-0.15, -0.1) is 23.1 Å². The third kappa shape index (κ3) is 4.99. The molecule has 2 heterocycles. The number of hydrogen-bond acceptors (Lipinski definition) is 7. The first-order valence-electron chi connectivity index (χ1n) is 8.93. The molecule has 0 aliphatic heterocycles. The van der Waals surface area contributed by atoms with Crippen LogP contribution in [0.3, 0.4) is 0 Å². The second-order valence-corrected chi connectivity index (χ2v) is 9.18. The van der Waals surface area contributed by atoms with Gasteiger partial charge < -0.3 is 15.4 Å². The lowest BCUT2D eigenvalue weighted by molar-refractivity contribution is -0.113. The summed E-state index contributed by atoms with van der Waals surface area (Å²) in [5, 5.41) is 8.14. The SMILES string of the molecule is COc1ccc2nc(NC(=O)CSc3cccc(NC(=O)c4cccs4)c3)sc2c1. The maximum atomic E-state index is 12.3. The predicted molar refractivity (Wildman–Crippen MR) is 124 cm³/mol. The van der Waals surface area contributed by atoms with Gasteiger partial charge in [0.2, 0.25) is 5.91 Å². The van der Waals surface area contributed by atoms with E-state index in [0.717, 1.165) is 20.9 Å². The summed E-state index contributed by atoms with van der Waals surface area (Å²) in [6.45, 7) is 0. The highest BCUT2D eigenvalue weighted by Crippen LogP contribution is 2.29. The van der Waals surface area contributed by atoms with E-state index in [1.807, 2.05) is 53.9 Å². The minimum Gasteiger partial charge on any atom is -0.497 e. The molecule has 4 aromatic rings. The van der Waals surface area contributed by atoms with Crippen molar-refractivity contribution in [3.8, 4) is 5.75 Å². The van der Waals surface area contributed by atoms with Gasteiger partial charge in [0.15, 0.2) is 5.13 Å². The molecule has 0 spiro atoms. The molecule has 152 valence electrons. The van der Waals surface area contributed by atoms with Crippen LogP contribution in [0.2, 0.25) is 0 Å².